The van der Waals surface area contributed by atoms with Crippen LogP contribution in [0.3, 0.4) is 0 Å². The molecular formula is C18H22N2O2. The number of unbranched alkanes of at least 4 members (excludes halogenated alkanes) is 1. The van der Waals surface area contributed by atoms with Gasteiger partial charge < -0.3 is 15.8 Å². The fraction of sp³-hybridized carbons (Fsp3) is 0.278. The molecule has 22 heavy (non-hydrogen) atoms. The summed E-state index contributed by atoms with van der Waals surface area (Å²) in [7, 11) is 0. The molecule has 0 aliphatic heterocycles. The van der Waals surface area contributed by atoms with Crippen LogP contribution in [0, 0.1) is 0 Å². The Bertz CT molecular complexity index is 612. The Morgan fingerprint density at radius 2 is 1.95 bits per heavy atom. The summed E-state index contributed by atoms with van der Waals surface area (Å²) in [5.41, 5.74) is 8.07. The smallest absolute Gasteiger partial charge is 0.251 e. The maximum atomic E-state index is 12.0. The molecule has 0 aromatic heterocycles. The van der Waals surface area contributed by atoms with Gasteiger partial charge in [0, 0.05) is 12.1 Å². The van der Waals surface area contributed by atoms with Gasteiger partial charge in [-0.2, -0.15) is 0 Å². The summed E-state index contributed by atoms with van der Waals surface area (Å²) in [4.78, 5) is 12.0. The van der Waals surface area contributed by atoms with Gasteiger partial charge in [-0.15, -0.1) is 0 Å². The van der Waals surface area contributed by atoms with Gasteiger partial charge >= 0.3 is 0 Å². The van der Waals surface area contributed by atoms with E-state index < -0.39 is 0 Å². The lowest BCUT2D eigenvalue weighted by Crippen LogP contribution is -2.24. The first-order valence-corrected chi connectivity index (χ1v) is 7.55. The summed E-state index contributed by atoms with van der Waals surface area (Å²) >= 11 is 0. The second-order valence-electron chi connectivity index (χ2n) is 5.14. The average molecular weight is 298 g/mol. The molecule has 0 saturated heterocycles. The highest BCUT2D eigenvalue weighted by Gasteiger charge is 2.09. The van der Waals surface area contributed by atoms with Gasteiger partial charge in [-0.25, -0.2) is 0 Å². The Balaban J connectivity index is 2.01. The quantitative estimate of drug-likeness (QED) is 0.608. The standard InChI is InChI=1S/C18H22N2O2/c1-2-3-11-20-18(21)15-9-10-16(19)17(12-15)22-13-14-7-5-4-6-8-14/h4-10,12H,2-3,11,13,19H2,1H3,(H,20,21). The second kappa shape index (κ2) is 8.08. The molecule has 2 aromatic carbocycles. The first-order chi connectivity index (χ1) is 10.7. The largest absolute Gasteiger partial charge is 0.487 e. The highest BCUT2D eigenvalue weighted by atomic mass is 16.5. The number of carbonyl (C=O) groups excluding carboxylic acids is 1. The molecule has 0 unspecified atom stereocenters. The van der Waals surface area contributed by atoms with Gasteiger partial charge in [0.25, 0.3) is 5.91 Å². The molecule has 0 fully saturated rings. The van der Waals surface area contributed by atoms with Gasteiger partial charge in [0.2, 0.25) is 0 Å². The molecule has 0 saturated carbocycles. The normalized spacial score (nSPS) is 10.2. The van der Waals surface area contributed by atoms with Gasteiger partial charge in [0.1, 0.15) is 12.4 Å². The van der Waals surface area contributed by atoms with E-state index in [4.69, 9.17) is 10.5 Å². The average Bonchev–Trinajstić information content (AvgIpc) is 2.55. The van der Waals surface area contributed by atoms with Crippen molar-refractivity contribution >= 4 is 11.6 Å². The third-order valence-electron chi connectivity index (χ3n) is 3.33. The number of ether oxygens (including phenoxy) is 1. The summed E-state index contributed by atoms with van der Waals surface area (Å²) in [5.74, 6) is 0.435. The lowest BCUT2D eigenvalue weighted by molar-refractivity contribution is 0.0952. The van der Waals surface area contributed by atoms with Crippen molar-refractivity contribution < 1.29 is 9.53 Å². The van der Waals surface area contributed by atoms with Crippen molar-refractivity contribution in [3.63, 3.8) is 0 Å². The molecule has 0 aliphatic carbocycles. The molecule has 0 radical (unpaired) electrons. The molecule has 0 aliphatic rings. The van der Waals surface area contributed by atoms with Crippen LogP contribution in [0.25, 0.3) is 0 Å². The van der Waals surface area contributed by atoms with E-state index in [-0.39, 0.29) is 5.91 Å². The van der Waals surface area contributed by atoms with E-state index in [0.717, 1.165) is 18.4 Å². The highest BCUT2D eigenvalue weighted by molar-refractivity contribution is 5.95. The number of hydrogen-bond acceptors (Lipinski definition) is 3. The van der Waals surface area contributed by atoms with Crippen molar-refractivity contribution in [2.45, 2.75) is 26.4 Å². The number of rotatable bonds is 7. The van der Waals surface area contributed by atoms with E-state index in [1.807, 2.05) is 30.3 Å². The van der Waals surface area contributed by atoms with Gasteiger partial charge in [0.15, 0.2) is 0 Å². The number of nitrogens with one attached hydrogen (secondary N) is 1. The molecule has 0 heterocycles. The number of benzene rings is 2. The monoisotopic (exact) mass is 298 g/mol. The topological polar surface area (TPSA) is 64.4 Å². The number of amides is 1. The fourth-order valence-electron chi connectivity index (χ4n) is 2.02. The lowest BCUT2D eigenvalue weighted by Gasteiger charge is -2.11. The summed E-state index contributed by atoms with van der Waals surface area (Å²) < 4.78 is 5.73. The molecule has 4 heteroatoms. The van der Waals surface area contributed by atoms with Crippen molar-refractivity contribution in [1.29, 1.82) is 0 Å². The summed E-state index contributed by atoms with van der Waals surface area (Å²) in [6.07, 6.45) is 2.02. The van der Waals surface area contributed by atoms with Gasteiger partial charge in [-0.1, -0.05) is 43.7 Å². The number of nitrogens with two attached hydrogens (primary N) is 1. The molecule has 2 aromatic rings. The minimum Gasteiger partial charge on any atom is -0.487 e. The van der Waals surface area contributed by atoms with Gasteiger partial charge in [-0.05, 0) is 30.2 Å². The van der Waals surface area contributed by atoms with Crippen LogP contribution >= 0.6 is 0 Å². The van der Waals surface area contributed by atoms with Crippen LogP contribution in [0.4, 0.5) is 5.69 Å². The summed E-state index contributed by atoms with van der Waals surface area (Å²) in [5, 5.41) is 2.89. The molecule has 0 spiro atoms. The molecule has 2 rings (SSSR count). The number of hydrogen-bond donors (Lipinski definition) is 2. The zero-order valence-corrected chi connectivity index (χ0v) is 12.8. The Morgan fingerprint density at radius 1 is 1.18 bits per heavy atom. The predicted molar refractivity (Wildman–Crippen MR) is 88.9 cm³/mol. The predicted octanol–water partition coefficient (Wildman–Crippen LogP) is 3.38. The van der Waals surface area contributed by atoms with Crippen LogP contribution in [0.2, 0.25) is 0 Å². The van der Waals surface area contributed by atoms with Crippen LogP contribution in [0.5, 0.6) is 5.75 Å². The third-order valence-corrected chi connectivity index (χ3v) is 3.33. The molecule has 1 amide bonds. The zero-order valence-electron chi connectivity index (χ0n) is 12.8. The Morgan fingerprint density at radius 3 is 2.68 bits per heavy atom. The number of anilines is 1. The first kappa shape index (κ1) is 15.9. The SMILES string of the molecule is CCCCNC(=O)c1ccc(N)c(OCc2ccccc2)c1. The van der Waals surface area contributed by atoms with E-state index in [2.05, 4.69) is 12.2 Å². The van der Waals surface area contributed by atoms with Crippen LogP contribution in [-0.4, -0.2) is 12.5 Å². The maximum Gasteiger partial charge on any atom is 0.251 e. The van der Waals surface area contributed by atoms with Crippen molar-refractivity contribution in [2.24, 2.45) is 0 Å². The Kier molecular flexibility index (Phi) is 5.83. The molecule has 4 nitrogen and oxygen atoms in total. The molecule has 0 atom stereocenters. The summed E-state index contributed by atoms with van der Waals surface area (Å²) in [6, 6.07) is 15.0. The van der Waals surface area contributed by atoms with Crippen molar-refractivity contribution in [1.82, 2.24) is 5.32 Å². The number of nitrogen functional groups attached to an aromatic ring is 1. The van der Waals surface area contributed by atoms with Gasteiger partial charge in [0.05, 0.1) is 5.69 Å². The summed E-state index contributed by atoms with van der Waals surface area (Å²) in [6.45, 7) is 3.19. The molecular weight excluding hydrogens is 276 g/mol. The van der Waals surface area contributed by atoms with Crippen LogP contribution in [0.15, 0.2) is 48.5 Å². The fourth-order valence-corrected chi connectivity index (χ4v) is 2.02. The van der Waals surface area contributed by atoms with Crippen LogP contribution in [0.1, 0.15) is 35.7 Å². The minimum absolute atomic E-state index is 0.0991. The molecule has 116 valence electrons. The maximum absolute atomic E-state index is 12.0. The second-order valence-corrected chi connectivity index (χ2v) is 5.14. The van der Waals surface area contributed by atoms with Gasteiger partial charge in [-0.3, -0.25) is 4.79 Å². The third kappa shape index (κ3) is 4.52. The minimum atomic E-state index is -0.0991. The van der Waals surface area contributed by atoms with Crippen molar-refractivity contribution in [3.8, 4) is 5.75 Å². The van der Waals surface area contributed by atoms with E-state index in [0.29, 0.717) is 30.2 Å². The Labute approximate surface area is 131 Å². The lowest BCUT2D eigenvalue weighted by atomic mass is 10.1. The number of carbonyl (C=O) groups is 1. The van der Waals surface area contributed by atoms with Crippen LogP contribution in [-0.2, 0) is 6.61 Å². The highest BCUT2D eigenvalue weighted by Crippen LogP contribution is 2.23. The van der Waals surface area contributed by atoms with Crippen molar-refractivity contribution in [3.05, 3.63) is 59.7 Å². The van der Waals surface area contributed by atoms with E-state index >= 15 is 0 Å². The Hall–Kier alpha value is -2.49. The van der Waals surface area contributed by atoms with E-state index in [9.17, 15) is 4.79 Å². The van der Waals surface area contributed by atoms with Crippen molar-refractivity contribution in [2.75, 3.05) is 12.3 Å². The molecule has 0 bridgehead atoms. The zero-order chi connectivity index (χ0) is 15.8. The van der Waals surface area contributed by atoms with E-state index in [1.165, 1.54) is 0 Å². The van der Waals surface area contributed by atoms with E-state index in [1.54, 1.807) is 18.2 Å². The first-order valence-electron chi connectivity index (χ1n) is 7.55. The van der Waals surface area contributed by atoms with Crippen LogP contribution < -0.4 is 15.8 Å². The molecule has 3 N–H and O–H groups in total.